The van der Waals surface area contributed by atoms with Gasteiger partial charge in [0, 0.05) is 7.11 Å². The minimum atomic E-state index is -1.17. The first kappa shape index (κ1) is 11.6. The minimum absolute atomic E-state index is 0.199. The van der Waals surface area contributed by atoms with Crippen molar-refractivity contribution in [1.82, 2.24) is 0 Å². The van der Waals surface area contributed by atoms with E-state index < -0.39 is 28.5 Å². The number of ether oxygens (including phenoxy) is 2. The number of aliphatic hydroxyl groups is 3. The SMILES string of the molecule is COC[C@H]1O[C@@H](I)C(O)[C@@H](O)C1O. The Morgan fingerprint density at radius 1 is 1.23 bits per heavy atom. The predicted octanol–water partition coefficient (Wildman–Crippen LogP) is -1.12. The first-order valence-electron chi connectivity index (χ1n) is 3.90. The van der Waals surface area contributed by atoms with E-state index in [2.05, 4.69) is 0 Å². The lowest BCUT2D eigenvalue weighted by molar-refractivity contribution is -0.203. The largest absolute Gasteiger partial charge is 0.388 e. The average Bonchev–Trinajstić information content (AvgIpc) is 2.11. The van der Waals surface area contributed by atoms with Crippen molar-refractivity contribution in [3.05, 3.63) is 0 Å². The molecule has 13 heavy (non-hydrogen) atoms. The molecule has 2 unspecified atom stereocenters. The van der Waals surface area contributed by atoms with Crippen molar-refractivity contribution >= 4 is 22.6 Å². The van der Waals surface area contributed by atoms with Crippen LogP contribution in [0.4, 0.5) is 0 Å². The van der Waals surface area contributed by atoms with Crippen LogP contribution in [-0.4, -0.2) is 57.6 Å². The lowest BCUT2D eigenvalue weighted by Crippen LogP contribution is -2.56. The third kappa shape index (κ3) is 2.51. The van der Waals surface area contributed by atoms with Crippen LogP contribution in [0.1, 0.15) is 0 Å². The second kappa shape index (κ2) is 4.85. The van der Waals surface area contributed by atoms with Gasteiger partial charge >= 0.3 is 0 Å². The zero-order valence-electron chi connectivity index (χ0n) is 7.13. The number of alkyl halides is 1. The molecule has 0 aliphatic carbocycles. The molecule has 3 N–H and O–H groups in total. The molecule has 0 spiro atoms. The Kier molecular flexibility index (Phi) is 4.33. The van der Waals surface area contributed by atoms with Crippen molar-refractivity contribution in [2.45, 2.75) is 28.5 Å². The fourth-order valence-electron chi connectivity index (χ4n) is 1.21. The van der Waals surface area contributed by atoms with E-state index >= 15 is 0 Å². The van der Waals surface area contributed by atoms with Crippen LogP contribution < -0.4 is 0 Å². The van der Waals surface area contributed by atoms with E-state index in [0.717, 1.165) is 0 Å². The summed E-state index contributed by atoms with van der Waals surface area (Å²) in [4.78, 5) is 0. The van der Waals surface area contributed by atoms with E-state index in [1.807, 2.05) is 22.6 Å². The van der Waals surface area contributed by atoms with E-state index in [9.17, 15) is 15.3 Å². The van der Waals surface area contributed by atoms with Crippen molar-refractivity contribution in [2.75, 3.05) is 13.7 Å². The first-order chi connectivity index (χ1) is 6.07. The highest BCUT2D eigenvalue weighted by molar-refractivity contribution is 14.1. The Morgan fingerprint density at radius 2 is 1.85 bits per heavy atom. The molecule has 1 heterocycles. The quantitative estimate of drug-likeness (QED) is 0.445. The van der Waals surface area contributed by atoms with Gasteiger partial charge in [0.15, 0.2) is 0 Å². The van der Waals surface area contributed by atoms with Crippen molar-refractivity contribution in [2.24, 2.45) is 0 Å². The average molecular weight is 304 g/mol. The summed E-state index contributed by atoms with van der Waals surface area (Å²) in [6.07, 6.45) is -3.90. The van der Waals surface area contributed by atoms with E-state index in [0.29, 0.717) is 0 Å². The summed E-state index contributed by atoms with van der Waals surface area (Å²) < 4.78 is 9.51. The lowest BCUT2D eigenvalue weighted by atomic mass is 10.0. The van der Waals surface area contributed by atoms with Gasteiger partial charge in [-0.05, 0) is 22.6 Å². The fourth-order valence-corrected chi connectivity index (χ4v) is 2.01. The molecule has 0 radical (unpaired) electrons. The molecule has 1 aliphatic rings. The number of rotatable bonds is 2. The molecule has 1 fully saturated rings. The highest BCUT2D eigenvalue weighted by Crippen LogP contribution is 2.24. The Labute approximate surface area is 89.8 Å². The summed E-state index contributed by atoms with van der Waals surface area (Å²) in [7, 11) is 1.48. The lowest BCUT2D eigenvalue weighted by Gasteiger charge is -2.38. The number of aliphatic hydroxyl groups excluding tert-OH is 3. The maximum atomic E-state index is 9.44. The third-order valence-electron chi connectivity index (χ3n) is 1.98. The molecule has 0 aromatic heterocycles. The van der Waals surface area contributed by atoms with Crippen LogP contribution in [0.3, 0.4) is 0 Å². The molecule has 0 bridgehead atoms. The summed E-state index contributed by atoms with van der Waals surface area (Å²) in [6.45, 7) is 0.199. The number of halogens is 1. The van der Waals surface area contributed by atoms with Gasteiger partial charge in [0.05, 0.1) is 6.61 Å². The van der Waals surface area contributed by atoms with Crippen molar-refractivity contribution in [1.29, 1.82) is 0 Å². The number of methoxy groups -OCH3 is 1. The van der Waals surface area contributed by atoms with Crippen molar-refractivity contribution in [3.63, 3.8) is 0 Å². The molecule has 5 nitrogen and oxygen atoms in total. The highest BCUT2D eigenvalue weighted by Gasteiger charge is 2.42. The van der Waals surface area contributed by atoms with Crippen LogP contribution in [0.15, 0.2) is 0 Å². The molecule has 1 rings (SSSR count). The van der Waals surface area contributed by atoms with Gasteiger partial charge in [-0.25, -0.2) is 0 Å². The van der Waals surface area contributed by atoms with Gasteiger partial charge in [-0.2, -0.15) is 0 Å². The summed E-state index contributed by atoms with van der Waals surface area (Å²) in [5.41, 5.74) is 0. The third-order valence-corrected chi connectivity index (χ3v) is 3.02. The zero-order valence-corrected chi connectivity index (χ0v) is 9.29. The highest BCUT2D eigenvalue weighted by atomic mass is 127. The number of hydrogen-bond acceptors (Lipinski definition) is 5. The van der Waals surface area contributed by atoms with Crippen LogP contribution >= 0.6 is 22.6 Å². The first-order valence-corrected chi connectivity index (χ1v) is 5.15. The Bertz CT molecular complexity index is 167. The maximum Gasteiger partial charge on any atom is 0.137 e. The summed E-state index contributed by atoms with van der Waals surface area (Å²) in [6, 6.07) is 0. The van der Waals surface area contributed by atoms with Crippen LogP contribution in [0.5, 0.6) is 0 Å². The maximum absolute atomic E-state index is 9.44. The monoisotopic (exact) mass is 304 g/mol. The van der Waals surface area contributed by atoms with Gasteiger partial charge in [-0.15, -0.1) is 0 Å². The standard InChI is InChI=1S/C7H13IO5/c1-12-2-3-4(9)5(10)6(11)7(8)13-3/h3-7,9-11H,2H2,1H3/t3-,4?,5+,6?,7-/m1/s1. The normalized spacial score (nSPS) is 46.4. The Hall–Kier alpha value is 0.530. The number of hydrogen-bond donors (Lipinski definition) is 3. The van der Waals surface area contributed by atoms with E-state index in [1.54, 1.807) is 0 Å². The van der Waals surface area contributed by atoms with Crippen LogP contribution in [-0.2, 0) is 9.47 Å². The van der Waals surface area contributed by atoms with Crippen LogP contribution in [0.25, 0.3) is 0 Å². The molecule has 0 amide bonds. The van der Waals surface area contributed by atoms with Gasteiger partial charge in [0.1, 0.15) is 28.5 Å². The molecule has 78 valence electrons. The molecule has 0 saturated carbocycles. The Balaban J connectivity index is 2.59. The second-order valence-electron chi connectivity index (χ2n) is 2.95. The summed E-state index contributed by atoms with van der Waals surface area (Å²) >= 11 is 1.86. The van der Waals surface area contributed by atoms with Gasteiger partial charge in [-0.3, -0.25) is 0 Å². The van der Waals surface area contributed by atoms with Gasteiger partial charge in [0.25, 0.3) is 0 Å². The molecular weight excluding hydrogens is 291 g/mol. The van der Waals surface area contributed by atoms with Gasteiger partial charge in [-0.1, -0.05) is 0 Å². The van der Waals surface area contributed by atoms with Gasteiger partial charge in [0.2, 0.25) is 0 Å². The topological polar surface area (TPSA) is 79.2 Å². The summed E-state index contributed by atoms with van der Waals surface area (Å²) in [5, 5.41) is 28.1. The summed E-state index contributed by atoms with van der Waals surface area (Å²) in [5.74, 6) is 0. The second-order valence-corrected chi connectivity index (χ2v) is 4.18. The molecule has 5 atom stereocenters. The smallest absolute Gasteiger partial charge is 0.137 e. The Morgan fingerprint density at radius 3 is 2.38 bits per heavy atom. The molecule has 6 heteroatoms. The fraction of sp³-hybridized carbons (Fsp3) is 1.00. The minimum Gasteiger partial charge on any atom is -0.388 e. The molecule has 0 aromatic rings. The molecule has 0 aromatic carbocycles. The van der Waals surface area contributed by atoms with Crippen LogP contribution in [0.2, 0.25) is 0 Å². The zero-order chi connectivity index (χ0) is 10.0. The van der Waals surface area contributed by atoms with E-state index in [1.165, 1.54) is 7.11 Å². The van der Waals surface area contributed by atoms with Crippen molar-refractivity contribution < 1.29 is 24.8 Å². The van der Waals surface area contributed by atoms with Gasteiger partial charge < -0.3 is 24.8 Å². The predicted molar refractivity (Wildman–Crippen MR) is 52.6 cm³/mol. The van der Waals surface area contributed by atoms with Crippen LogP contribution in [0, 0.1) is 0 Å². The molecule has 1 saturated heterocycles. The van der Waals surface area contributed by atoms with E-state index in [4.69, 9.17) is 9.47 Å². The molecular formula is C7H13IO5. The van der Waals surface area contributed by atoms with E-state index in [-0.39, 0.29) is 6.61 Å². The van der Waals surface area contributed by atoms with Crippen molar-refractivity contribution in [3.8, 4) is 0 Å². The molecule has 1 aliphatic heterocycles.